The van der Waals surface area contributed by atoms with E-state index in [2.05, 4.69) is 0 Å². The highest BCUT2D eigenvalue weighted by Gasteiger charge is 2.43. The van der Waals surface area contributed by atoms with Crippen molar-refractivity contribution in [3.63, 3.8) is 0 Å². The molecule has 0 saturated heterocycles. The Bertz CT molecular complexity index is 583. The number of rotatable bonds is 6. The summed E-state index contributed by atoms with van der Waals surface area (Å²) in [6.07, 6.45) is 1.83. The van der Waals surface area contributed by atoms with Gasteiger partial charge in [0.25, 0.3) is 0 Å². The molecule has 0 N–H and O–H groups in total. The molecule has 2 nitrogen and oxygen atoms in total. The van der Waals surface area contributed by atoms with Gasteiger partial charge < -0.3 is 8.85 Å². The average Bonchev–Trinajstić information content (AvgIpc) is 2.59. The second kappa shape index (κ2) is 8.14. The zero-order valence-electron chi connectivity index (χ0n) is 14.6. The van der Waals surface area contributed by atoms with E-state index in [-0.39, 0.29) is 5.54 Å². The van der Waals surface area contributed by atoms with Gasteiger partial charge in [0.1, 0.15) is 0 Å². The van der Waals surface area contributed by atoms with Crippen molar-refractivity contribution >= 4 is 8.56 Å². The van der Waals surface area contributed by atoms with Gasteiger partial charge in [0.05, 0.1) is 0 Å². The van der Waals surface area contributed by atoms with Crippen molar-refractivity contribution in [2.45, 2.75) is 57.5 Å². The molecule has 0 heterocycles. The van der Waals surface area contributed by atoms with Crippen LogP contribution in [0.2, 0.25) is 12.1 Å². The van der Waals surface area contributed by atoms with E-state index in [1.54, 1.807) is 0 Å². The minimum Gasteiger partial charge on any atom is -0.394 e. The molecule has 0 aromatic heterocycles. The highest BCUT2D eigenvalue weighted by atomic mass is 28.4. The molecule has 0 spiro atoms. The predicted octanol–water partition coefficient (Wildman–Crippen LogP) is 5.55. The second-order valence-electron chi connectivity index (χ2n) is 6.41. The Morgan fingerprint density at radius 3 is 1.56 bits per heavy atom. The highest BCUT2D eigenvalue weighted by Crippen LogP contribution is 2.45. The van der Waals surface area contributed by atoms with E-state index in [9.17, 15) is 22.0 Å². The summed E-state index contributed by atoms with van der Waals surface area (Å²) >= 11 is 0. The molecule has 0 atom stereocenters. The Kier molecular flexibility index (Phi) is 6.61. The van der Waals surface area contributed by atoms with Crippen LogP contribution in [0.5, 0.6) is 0 Å². The van der Waals surface area contributed by atoms with Gasteiger partial charge in [-0.3, -0.25) is 0 Å². The van der Waals surface area contributed by atoms with E-state index in [0.29, 0.717) is 38.9 Å². The lowest BCUT2D eigenvalue weighted by molar-refractivity contribution is 0.168. The molecule has 8 heteroatoms. The summed E-state index contributed by atoms with van der Waals surface area (Å²) in [6.45, 7) is 6.75. The summed E-state index contributed by atoms with van der Waals surface area (Å²) in [5.41, 5.74) is -0.559. The topological polar surface area (TPSA) is 18.5 Å². The fraction of sp³-hybridized carbons (Fsp3) is 0.647. The van der Waals surface area contributed by atoms with Gasteiger partial charge in [-0.05, 0) is 52.0 Å². The van der Waals surface area contributed by atoms with Crippen LogP contribution in [0.4, 0.5) is 22.0 Å². The first-order valence-corrected chi connectivity index (χ1v) is 10.9. The van der Waals surface area contributed by atoms with Crippen molar-refractivity contribution in [3.8, 4) is 0 Å². The van der Waals surface area contributed by atoms with Crippen molar-refractivity contribution in [2.24, 2.45) is 0 Å². The summed E-state index contributed by atoms with van der Waals surface area (Å²) in [5.74, 6) is -9.98. The van der Waals surface area contributed by atoms with Gasteiger partial charge in [0.15, 0.2) is 23.3 Å². The zero-order valence-corrected chi connectivity index (χ0v) is 15.6. The maximum atomic E-state index is 14.0. The van der Waals surface area contributed by atoms with Crippen molar-refractivity contribution in [1.82, 2.24) is 0 Å². The first-order valence-electron chi connectivity index (χ1n) is 8.56. The second-order valence-corrected chi connectivity index (χ2v) is 9.84. The van der Waals surface area contributed by atoms with E-state index >= 15 is 0 Å². The van der Waals surface area contributed by atoms with E-state index in [1.165, 1.54) is 0 Å². The van der Waals surface area contributed by atoms with Crippen molar-refractivity contribution in [1.29, 1.82) is 0 Å². The van der Waals surface area contributed by atoms with Gasteiger partial charge in [-0.25, -0.2) is 22.0 Å². The first kappa shape index (κ1) is 20.3. The molecule has 25 heavy (non-hydrogen) atoms. The monoisotopic (exact) mass is 382 g/mol. The SMILES string of the molecule is CCO[Si](C)(OCC)C1CCC(c2c(F)c(F)c(F)c(F)c2F)CC1. The van der Waals surface area contributed by atoms with E-state index in [1.807, 2.05) is 20.4 Å². The molecular weight excluding hydrogens is 359 g/mol. The van der Waals surface area contributed by atoms with Crippen LogP contribution < -0.4 is 0 Å². The standard InChI is InChI=1S/C17H23F5O2Si/c1-4-23-25(3,24-5-2)11-8-6-10(7-9-11)12-13(18)15(20)17(22)16(21)14(12)19/h10-11H,4-9H2,1-3H3. The molecule has 1 aliphatic carbocycles. The lowest BCUT2D eigenvalue weighted by Crippen LogP contribution is -2.45. The number of hydrogen-bond donors (Lipinski definition) is 0. The van der Waals surface area contributed by atoms with Gasteiger partial charge in [0.2, 0.25) is 5.82 Å². The Hall–Kier alpha value is -0.993. The third-order valence-corrected chi connectivity index (χ3v) is 8.77. The Balaban J connectivity index is 2.21. The van der Waals surface area contributed by atoms with Crippen LogP contribution in [0.1, 0.15) is 51.0 Å². The quantitative estimate of drug-likeness (QED) is 0.278. The molecule has 142 valence electrons. The molecule has 2 rings (SSSR count). The van der Waals surface area contributed by atoms with Gasteiger partial charge in [0, 0.05) is 24.3 Å². The van der Waals surface area contributed by atoms with Crippen LogP contribution in [0.15, 0.2) is 0 Å². The zero-order chi connectivity index (χ0) is 18.8. The predicted molar refractivity (Wildman–Crippen MR) is 86.1 cm³/mol. The normalized spacial score (nSPS) is 21.6. The largest absolute Gasteiger partial charge is 0.394 e. The number of benzene rings is 1. The van der Waals surface area contributed by atoms with E-state index in [0.717, 1.165) is 0 Å². The summed E-state index contributed by atoms with van der Waals surface area (Å²) in [7, 11) is -2.43. The Morgan fingerprint density at radius 1 is 0.760 bits per heavy atom. The van der Waals surface area contributed by atoms with E-state index < -0.39 is 49.1 Å². The van der Waals surface area contributed by atoms with Crippen molar-refractivity contribution < 1.29 is 30.8 Å². The highest BCUT2D eigenvalue weighted by molar-refractivity contribution is 6.67. The maximum Gasteiger partial charge on any atom is 0.338 e. The van der Waals surface area contributed by atoms with Crippen molar-refractivity contribution in [3.05, 3.63) is 34.6 Å². The summed E-state index contributed by atoms with van der Waals surface area (Å²) in [5, 5.41) is 0. The fourth-order valence-corrected chi connectivity index (χ4v) is 6.82. The Labute approximate surface area is 145 Å². The summed E-state index contributed by atoms with van der Waals surface area (Å²) in [6, 6.07) is 0. The van der Waals surface area contributed by atoms with Gasteiger partial charge >= 0.3 is 8.56 Å². The molecule has 0 bridgehead atoms. The fourth-order valence-electron chi connectivity index (χ4n) is 3.74. The number of halogens is 5. The van der Waals surface area contributed by atoms with Crippen LogP contribution in [-0.2, 0) is 8.85 Å². The third kappa shape index (κ3) is 3.90. The Morgan fingerprint density at radius 2 is 1.16 bits per heavy atom. The van der Waals surface area contributed by atoms with Gasteiger partial charge in [-0.1, -0.05) is 0 Å². The lowest BCUT2D eigenvalue weighted by atomic mass is 9.83. The van der Waals surface area contributed by atoms with Crippen LogP contribution in [0.3, 0.4) is 0 Å². The molecule has 1 saturated carbocycles. The van der Waals surface area contributed by atoms with Crippen LogP contribution in [0, 0.1) is 29.1 Å². The minimum absolute atomic E-state index is 0.130. The molecule has 1 aromatic carbocycles. The van der Waals surface area contributed by atoms with Crippen molar-refractivity contribution in [2.75, 3.05) is 13.2 Å². The maximum absolute atomic E-state index is 14.0. The average molecular weight is 382 g/mol. The molecule has 1 aromatic rings. The minimum atomic E-state index is -2.43. The van der Waals surface area contributed by atoms with Gasteiger partial charge in [-0.2, -0.15) is 0 Å². The first-order chi connectivity index (χ1) is 11.8. The van der Waals surface area contributed by atoms with Crippen LogP contribution in [0.25, 0.3) is 0 Å². The molecule has 1 aliphatic rings. The number of hydrogen-bond acceptors (Lipinski definition) is 2. The molecular formula is C17H23F5O2Si. The van der Waals surface area contributed by atoms with Gasteiger partial charge in [-0.15, -0.1) is 0 Å². The summed E-state index contributed by atoms with van der Waals surface area (Å²) < 4.78 is 79.8. The van der Waals surface area contributed by atoms with Crippen LogP contribution >= 0.6 is 0 Å². The molecule has 0 aliphatic heterocycles. The van der Waals surface area contributed by atoms with E-state index in [4.69, 9.17) is 8.85 Å². The lowest BCUT2D eigenvalue weighted by Gasteiger charge is -2.38. The molecule has 1 fully saturated rings. The smallest absolute Gasteiger partial charge is 0.338 e. The third-order valence-electron chi connectivity index (χ3n) is 4.98. The summed E-state index contributed by atoms with van der Waals surface area (Å²) in [4.78, 5) is 0. The molecule has 0 amide bonds. The molecule has 0 unspecified atom stereocenters. The molecule has 0 radical (unpaired) electrons. The van der Waals surface area contributed by atoms with Crippen LogP contribution in [-0.4, -0.2) is 21.8 Å².